The van der Waals surface area contributed by atoms with E-state index in [9.17, 15) is 18.4 Å². The van der Waals surface area contributed by atoms with E-state index in [0.29, 0.717) is 16.5 Å². The molecule has 126 valence electrons. The van der Waals surface area contributed by atoms with E-state index < -0.39 is 29.9 Å². The summed E-state index contributed by atoms with van der Waals surface area (Å²) in [6, 6.07) is 7.53. The first-order chi connectivity index (χ1) is 11.4. The van der Waals surface area contributed by atoms with Gasteiger partial charge in [0.15, 0.2) is 11.6 Å². The number of hydrogen-bond acceptors (Lipinski definition) is 3. The smallest absolute Gasteiger partial charge is 0.233 e. The summed E-state index contributed by atoms with van der Waals surface area (Å²) < 4.78 is 31.0. The molecule has 0 bridgehead atoms. The lowest BCUT2D eigenvalue weighted by atomic mass is 10.2. The minimum atomic E-state index is -1.10. The molecule has 24 heavy (non-hydrogen) atoms. The molecular formula is C16H13ClF2N2O3. The van der Waals surface area contributed by atoms with Crippen LogP contribution in [0, 0.1) is 11.6 Å². The molecule has 0 radical (unpaired) electrons. The van der Waals surface area contributed by atoms with Gasteiger partial charge in [-0.3, -0.25) is 9.59 Å². The summed E-state index contributed by atoms with van der Waals surface area (Å²) in [5.74, 6) is -3.04. The summed E-state index contributed by atoms with van der Waals surface area (Å²) in [7, 11) is 1.43. The first-order valence-corrected chi connectivity index (χ1v) is 7.15. The number of nitrogens with one attached hydrogen (secondary N) is 2. The van der Waals surface area contributed by atoms with Crippen molar-refractivity contribution in [2.75, 3.05) is 17.7 Å². The fraction of sp³-hybridized carbons (Fsp3) is 0.125. The fourth-order valence-electron chi connectivity index (χ4n) is 1.90. The zero-order chi connectivity index (χ0) is 17.7. The maximum atomic E-state index is 13.1. The van der Waals surface area contributed by atoms with Crippen molar-refractivity contribution in [2.24, 2.45) is 0 Å². The number of carbonyl (C=O) groups excluding carboxylic acids is 2. The number of rotatable bonds is 5. The van der Waals surface area contributed by atoms with Crippen LogP contribution in [-0.2, 0) is 9.59 Å². The molecule has 2 N–H and O–H groups in total. The van der Waals surface area contributed by atoms with E-state index >= 15 is 0 Å². The lowest BCUT2D eigenvalue weighted by Gasteiger charge is -2.10. The van der Waals surface area contributed by atoms with Crippen LogP contribution >= 0.6 is 11.6 Å². The van der Waals surface area contributed by atoms with Gasteiger partial charge in [-0.2, -0.15) is 0 Å². The maximum Gasteiger partial charge on any atom is 0.233 e. The molecule has 0 aliphatic carbocycles. The molecule has 2 amide bonds. The van der Waals surface area contributed by atoms with E-state index in [2.05, 4.69) is 10.6 Å². The summed E-state index contributed by atoms with van der Waals surface area (Å²) in [4.78, 5) is 23.7. The fourth-order valence-corrected chi connectivity index (χ4v) is 2.07. The molecular weight excluding hydrogens is 342 g/mol. The molecule has 0 aliphatic heterocycles. The normalized spacial score (nSPS) is 10.2. The Balaban J connectivity index is 1.98. The van der Waals surface area contributed by atoms with E-state index in [-0.39, 0.29) is 5.69 Å². The van der Waals surface area contributed by atoms with Crippen LogP contribution in [0.5, 0.6) is 5.75 Å². The van der Waals surface area contributed by atoms with E-state index in [0.717, 1.165) is 12.1 Å². The third kappa shape index (κ3) is 4.66. The van der Waals surface area contributed by atoms with Crippen LogP contribution in [0.4, 0.5) is 20.2 Å². The topological polar surface area (TPSA) is 67.4 Å². The summed E-state index contributed by atoms with van der Waals surface area (Å²) in [6.45, 7) is 0. The van der Waals surface area contributed by atoms with Gasteiger partial charge in [-0.25, -0.2) is 8.78 Å². The Morgan fingerprint density at radius 3 is 2.42 bits per heavy atom. The molecule has 0 fully saturated rings. The molecule has 0 unspecified atom stereocenters. The van der Waals surface area contributed by atoms with Crippen LogP contribution in [0.25, 0.3) is 0 Å². The number of benzene rings is 2. The third-order valence-electron chi connectivity index (χ3n) is 2.96. The zero-order valence-corrected chi connectivity index (χ0v) is 13.3. The van der Waals surface area contributed by atoms with E-state index in [1.807, 2.05) is 0 Å². The van der Waals surface area contributed by atoms with E-state index in [1.165, 1.54) is 19.2 Å². The van der Waals surface area contributed by atoms with Gasteiger partial charge in [-0.15, -0.1) is 0 Å². The molecule has 0 aliphatic rings. The molecule has 5 nitrogen and oxygen atoms in total. The minimum absolute atomic E-state index is 0.0482. The van der Waals surface area contributed by atoms with Crippen molar-refractivity contribution in [3.05, 3.63) is 53.1 Å². The van der Waals surface area contributed by atoms with Crippen molar-refractivity contribution in [3.63, 3.8) is 0 Å². The van der Waals surface area contributed by atoms with Crippen molar-refractivity contribution >= 4 is 34.8 Å². The first kappa shape index (κ1) is 17.7. The predicted molar refractivity (Wildman–Crippen MR) is 86.2 cm³/mol. The average Bonchev–Trinajstić information content (AvgIpc) is 2.51. The zero-order valence-electron chi connectivity index (χ0n) is 12.5. The molecule has 0 atom stereocenters. The highest BCUT2D eigenvalue weighted by Crippen LogP contribution is 2.27. The summed E-state index contributed by atoms with van der Waals surface area (Å²) in [6.07, 6.45) is -0.519. The van der Waals surface area contributed by atoms with Crippen LogP contribution in [-0.4, -0.2) is 18.9 Å². The van der Waals surface area contributed by atoms with Gasteiger partial charge >= 0.3 is 0 Å². The van der Waals surface area contributed by atoms with Crippen LogP contribution in [0.2, 0.25) is 5.02 Å². The average molecular weight is 355 g/mol. The number of anilines is 2. The monoisotopic (exact) mass is 354 g/mol. The molecule has 0 saturated heterocycles. The molecule has 0 saturated carbocycles. The molecule has 8 heteroatoms. The standard InChI is InChI=1S/C16H13ClF2N2O3/c1-24-14-5-2-9(17)6-13(14)21-16(23)8-15(22)20-10-3-4-11(18)12(19)7-10/h2-7H,8H2,1H3,(H,20,22)(H,21,23). The molecule has 0 aromatic heterocycles. The van der Waals surface area contributed by atoms with E-state index in [4.69, 9.17) is 16.3 Å². The van der Waals surface area contributed by atoms with Crippen LogP contribution in [0.1, 0.15) is 6.42 Å². The highest BCUT2D eigenvalue weighted by Gasteiger charge is 2.13. The Morgan fingerprint density at radius 2 is 1.75 bits per heavy atom. The lowest BCUT2D eigenvalue weighted by Crippen LogP contribution is -2.21. The highest BCUT2D eigenvalue weighted by atomic mass is 35.5. The number of methoxy groups -OCH3 is 1. The molecule has 2 aromatic rings. The van der Waals surface area contributed by atoms with Gasteiger partial charge in [0.2, 0.25) is 11.8 Å². The third-order valence-corrected chi connectivity index (χ3v) is 3.20. The van der Waals surface area contributed by atoms with Crippen molar-refractivity contribution in [1.29, 1.82) is 0 Å². The first-order valence-electron chi connectivity index (χ1n) is 6.77. The Morgan fingerprint density at radius 1 is 1.04 bits per heavy atom. The lowest BCUT2D eigenvalue weighted by molar-refractivity contribution is -0.123. The van der Waals surface area contributed by atoms with Gasteiger partial charge in [-0.05, 0) is 30.3 Å². The number of carbonyl (C=O) groups is 2. The number of hydrogen-bond donors (Lipinski definition) is 2. The Kier molecular flexibility index (Phi) is 5.70. The van der Waals surface area contributed by atoms with Crippen molar-refractivity contribution < 1.29 is 23.1 Å². The van der Waals surface area contributed by atoms with E-state index in [1.54, 1.807) is 12.1 Å². The number of halogens is 3. The minimum Gasteiger partial charge on any atom is -0.495 e. The second-order valence-corrected chi connectivity index (χ2v) is 5.18. The Hall–Kier alpha value is -2.67. The van der Waals surface area contributed by atoms with Gasteiger partial charge in [0.1, 0.15) is 12.2 Å². The van der Waals surface area contributed by atoms with Gasteiger partial charge in [0.25, 0.3) is 0 Å². The summed E-state index contributed by atoms with van der Waals surface area (Å²) >= 11 is 5.85. The second kappa shape index (κ2) is 7.74. The molecule has 0 spiro atoms. The largest absolute Gasteiger partial charge is 0.495 e. The molecule has 2 aromatic carbocycles. The quantitative estimate of drug-likeness (QED) is 0.806. The summed E-state index contributed by atoms with van der Waals surface area (Å²) in [5.41, 5.74) is 0.364. The molecule has 2 rings (SSSR count). The number of ether oxygens (including phenoxy) is 1. The number of amides is 2. The Bertz CT molecular complexity index is 784. The van der Waals surface area contributed by atoms with Crippen molar-refractivity contribution in [3.8, 4) is 5.75 Å². The van der Waals surface area contributed by atoms with Crippen LogP contribution in [0.3, 0.4) is 0 Å². The van der Waals surface area contributed by atoms with Gasteiger partial charge in [0.05, 0.1) is 12.8 Å². The van der Waals surface area contributed by atoms with Gasteiger partial charge in [0, 0.05) is 16.8 Å². The van der Waals surface area contributed by atoms with Gasteiger partial charge in [-0.1, -0.05) is 11.6 Å². The van der Waals surface area contributed by atoms with Crippen LogP contribution < -0.4 is 15.4 Å². The predicted octanol–water partition coefficient (Wildman–Crippen LogP) is 3.59. The maximum absolute atomic E-state index is 13.1. The Labute approximate surface area is 141 Å². The molecule has 0 heterocycles. The SMILES string of the molecule is COc1ccc(Cl)cc1NC(=O)CC(=O)Nc1ccc(F)c(F)c1. The highest BCUT2D eigenvalue weighted by molar-refractivity contribution is 6.31. The van der Waals surface area contributed by atoms with Crippen molar-refractivity contribution in [2.45, 2.75) is 6.42 Å². The van der Waals surface area contributed by atoms with Gasteiger partial charge < -0.3 is 15.4 Å². The van der Waals surface area contributed by atoms with Crippen LogP contribution in [0.15, 0.2) is 36.4 Å². The van der Waals surface area contributed by atoms with Crippen molar-refractivity contribution in [1.82, 2.24) is 0 Å². The second-order valence-electron chi connectivity index (χ2n) is 4.75. The summed E-state index contributed by atoms with van der Waals surface area (Å²) in [5, 5.41) is 5.19.